The van der Waals surface area contributed by atoms with Crippen molar-refractivity contribution in [2.45, 2.75) is 40.2 Å². The summed E-state index contributed by atoms with van der Waals surface area (Å²) in [6, 6.07) is 6.08. The van der Waals surface area contributed by atoms with E-state index in [1.54, 1.807) is 0 Å². The number of hydrogen-bond acceptors (Lipinski definition) is 4. The molecule has 4 heteroatoms. The Morgan fingerprint density at radius 2 is 1.90 bits per heavy atom. The lowest BCUT2D eigenvalue weighted by Gasteiger charge is -2.39. The number of hydrogen-bond donors (Lipinski definition) is 0. The van der Waals surface area contributed by atoms with Crippen LogP contribution in [0, 0.1) is 5.92 Å². The lowest BCUT2D eigenvalue weighted by molar-refractivity contribution is -0.123. The first-order valence-corrected chi connectivity index (χ1v) is 7.77. The van der Waals surface area contributed by atoms with Crippen LogP contribution in [0.5, 0.6) is 11.5 Å². The highest BCUT2D eigenvalue weighted by atomic mass is 16.5. The average molecular weight is 291 g/mol. The van der Waals surface area contributed by atoms with Crippen molar-refractivity contribution in [3.63, 3.8) is 0 Å². The standard InChI is InChI=1S/C17H25NO3/c1-5-20-14-7-8-17(21-6-2)15(11-14)18-10-9-16(19)12(3)13(18)4/h7-8,11-13H,5-6,9-10H2,1-4H3. The number of Topliss-reactive ketones (excluding diaryl/α,β-unsaturated/α-hetero) is 1. The molecule has 0 amide bonds. The van der Waals surface area contributed by atoms with Gasteiger partial charge in [-0.25, -0.2) is 0 Å². The number of anilines is 1. The molecule has 1 aliphatic rings. The van der Waals surface area contributed by atoms with Gasteiger partial charge in [0, 0.05) is 31.0 Å². The molecule has 1 aliphatic heterocycles. The molecule has 1 saturated heterocycles. The highest BCUT2D eigenvalue weighted by Crippen LogP contribution is 2.36. The fourth-order valence-electron chi connectivity index (χ4n) is 2.80. The van der Waals surface area contributed by atoms with E-state index >= 15 is 0 Å². The fraction of sp³-hybridized carbons (Fsp3) is 0.588. The third-order valence-electron chi connectivity index (χ3n) is 4.17. The molecule has 116 valence electrons. The molecular weight excluding hydrogens is 266 g/mol. The maximum absolute atomic E-state index is 11.9. The molecule has 2 rings (SSSR count). The summed E-state index contributed by atoms with van der Waals surface area (Å²) in [5, 5.41) is 0. The third kappa shape index (κ3) is 3.31. The average Bonchev–Trinajstić information content (AvgIpc) is 2.47. The van der Waals surface area contributed by atoms with Crippen molar-refractivity contribution in [2.75, 3.05) is 24.7 Å². The van der Waals surface area contributed by atoms with E-state index in [1.165, 1.54) is 0 Å². The van der Waals surface area contributed by atoms with Crippen LogP contribution in [0.1, 0.15) is 34.1 Å². The molecule has 1 fully saturated rings. The van der Waals surface area contributed by atoms with Gasteiger partial charge in [0.05, 0.1) is 18.9 Å². The second-order valence-corrected chi connectivity index (χ2v) is 5.43. The largest absolute Gasteiger partial charge is 0.494 e. The van der Waals surface area contributed by atoms with E-state index in [0.717, 1.165) is 23.7 Å². The maximum atomic E-state index is 11.9. The van der Waals surface area contributed by atoms with Crippen LogP contribution >= 0.6 is 0 Å². The van der Waals surface area contributed by atoms with Crippen molar-refractivity contribution in [1.82, 2.24) is 0 Å². The summed E-state index contributed by atoms with van der Waals surface area (Å²) in [6.07, 6.45) is 0.593. The zero-order valence-corrected chi connectivity index (χ0v) is 13.4. The van der Waals surface area contributed by atoms with Gasteiger partial charge in [-0.05, 0) is 32.9 Å². The fourth-order valence-corrected chi connectivity index (χ4v) is 2.80. The predicted octanol–water partition coefficient (Wildman–Crippen LogP) is 3.29. The second kappa shape index (κ2) is 6.83. The van der Waals surface area contributed by atoms with Crippen molar-refractivity contribution in [3.05, 3.63) is 18.2 Å². The molecule has 2 atom stereocenters. The molecule has 1 aromatic rings. The zero-order chi connectivity index (χ0) is 15.4. The van der Waals surface area contributed by atoms with Crippen LogP contribution in [-0.2, 0) is 4.79 Å². The summed E-state index contributed by atoms with van der Waals surface area (Å²) in [6.45, 7) is 10.1. The Balaban J connectivity index is 2.35. The van der Waals surface area contributed by atoms with Gasteiger partial charge in [0.1, 0.15) is 17.3 Å². The van der Waals surface area contributed by atoms with E-state index in [9.17, 15) is 4.79 Å². The molecule has 1 aromatic carbocycles. The van der Waals surface area contributed by atoms with E-state index < -0.39 is 0 Å². The summed E-state index contributed by atoms with van der Waals surface area (Å²) in [5.74, 6) is 2.09. The quantitative estimate of drug-likeness (QED) is 0.834. The molecule has 0 radical (unpaired) electrons. The van der Waals surface area contributed by atoms with E-state index in [2.05, 4.69) is 11.8 Å². The van der Waals surface area contributed by atoms with Gasteiger partial charge in [-0.3, -0.25) is 4.79 Å². The lowest BCUT2D eigenvalue weighted by Crippen LogP contribution is -2.47. The summed E-state index contributed by atoms with van der Waals surface area (Å²) in [4.78, 5) is 14.1. The monoisotopic (exact) mass is 291 g/mol. The predicted molar refractivity (Wildman–Crippen MR) is 84.4 cm³/mol. The van der Waals surface area contributed by atoms with Gasteiger partial charge in [0.15, 0.2) is 0 Å². The van der Waals surface area contributed by atoms with Crippen LogP contribution in [0.15, 0.2) is 18.2 Å². The van der Waals surface area contributed by atoms with E-state index in [0.29, 0.717) is 25.4 Å². The highest BCUT2D eigenvalue weighted by molar-refractivity contribution is 5.84. The number of carbonyl (C=O) groups is 1. The van der Waals surface area contributed by atoms with Gasteiger partial charge < -0.3 is 14.4 Å². The highest BCUT2D eigenvalue weighted by Gasteiger charge is 2.32. The Morgan fingerprint density at radius 1 is 1.19 bits per heavy atom. The van der Waals surface area contributed by atoms with Crippen LogP contribution in [0.2, 0.25) is 0 Å². The molecule has 21 heavy (non-hydrogen) atoms. The molecule has 2 unspecified atom stereocenters. The number of nitrogens with zero attached hydrogens (tertiary/aromatic N) is 1. The smallest absolute Gasteiger partial charge is 0.142 e. The summed E-state index contributed by atoms with van der Waals surface area (Å²) in [7, 11) is 0. The van der Waals surface area contributed by atoms with Crippen LogP contribution in [0.4, 0.5) is 5.69 Å². The van der Waals surface area contributed by atoms with Crippen LogP contribution < -0.4 is 14.4 Å². The Bertz CT molecular complexity index is 501. The number of ether oxygens (including phenoxy) is 2. The molecule has 0 aliphatic carbocycles. The van der Waals surface area contributed by atoms with Crippen LogP contribution in [-0.4, -0.2) is 31.6 Å². The van der Waals surface area contributed by atoms with E-state index in [1.807, 2.05) is 39.0 Å². The molecule has 0 saturated carbocycles. The Labute approximate surface area is 127 Å². The number of carbonyl (C=O) groups excluding carboxylic acids is 1. The minimum absolute atomic E-state index is 0.0453. The first-order valence-electron chi connectivity index (χ1n) is 7.77. The first-order chi connectivity index (χ1) is 10.1. The van der Waals surface area contributed by atoms with E-state index in [4.69, 9.17) is 9.47 Å². The number of piperidine rings is 1. The van der Waals surface area contributed by atoms with E-state index in [-0.39, 0.29) is 12.0 Å². The van der Waals surface area contributed by atoms with Gasteiger partial charge in [0.2, 0.25) is 0 Å². The number of rotatable bonds is 5. The van der Waals surface area contributed by atoms with Crippen molar-refractivity contribution < 1.29 is 14.3 Å². The molecule has 0 N–H and O–H groups in total. The summed E-state index contributed by atoms with van der Waals surface area (Å²) in [5.41, 5.74) is 1.02. The van der Waals surface area contributed by atoms with Gasteiger partial charge in [-0.2, -0.15) is 0 Å². The molecule has 0 aromatic heterocycles. The lowest BCUT2D eigenvalue weighted by atomic mass is 9.90. The van der Waals surface area contributed by atoms with Crippen molar-refractivity contribution in [3.8, 4) is 11.5 Å². The van der Waals surface area contributed by atoms with Gasteiger partial charge in [-0.1, -0.05) is 6.92 Å². The first kappa shape index (κ1) is 15.7. The van der Waals surface area contributed by atoms with Crippen LogP contribution in [0.25, 0.3) is 0 Å². The third-order valence-corrected chi connectivity index (χ3v) is 4.17. The molecule has 0 spiro atoms. The van der Waals surface area contributed by atoms with Crippen LogP contribution in [0.3, 0.4) is 0 Å². The molecular formula is C17H25NO3. The Morgan fingerprint density at radius 3 is 2.57 bits per heavy atom. The summed E-state index contributed by atoms with van der Waals surface area (Å²) >= 11 is 0. The number of benzene rings is 1. The Hall–Kier alpha value is -1.71. The molecule has 1 heterocycles. The van der Waals surface area contributed by atoms with Crippen molar-refractivity contribution in [2.24, 2.45) is 5.92 Å². The zero-order valence-electron chi connectivity index (χ0n) is 13.4. The normalized spacial score (nSPS) is 22.3. The van der Waals surface area contributed by atoms with Gasteiger partial charge in [0.25, 0.3) is 0 Å². The van der Waals surface area contributed by atoms with Gasteiger partial charge >= 0.3 is 0 Å². The second-order valence-electron chi connectivity index (χ2n) is 5.43. The number of ketones is 1. The minimum Gasteiger partial charge on any atom is -0.494 e. The molecule has 4 nitrogen and oxygen atoms in total. The van der Waals surface area contributed by atoms with Crippen molar-refractivity contribution in [1.29, 1.82) is 0 Å². The summed E-state index contributed by atoms with van der Waals surface area (Å²) < 4.78 is 11.4. The minimum atomic E-state index is 0.0453. The SMILES string of the molecule is CCOc1ccc(OCC)c(N2CCC(=O)C(C)C2C)c1. The topological polar surface area (TPSA) is 38.8 Å². The van der Waals surface area contributed by atoms with Crippen molar-refractivity contribution >= 4 is 11.5 Å². The maximum Gasteiger partial charge on any atom is 0.142 e. The van der Waals surface area contributed by atoms with Gasteiger partial charge in [-0.15, -0.1) is 0 Å². The molecule has 0 bridgehead atoms. The Kier molecular flexibility index (Phi) is 5.10.